The highest BCUT2D eigenvalue weighted by Crippen LogP contribution is 2.20. The number of hydrogen-bond acceptors (Lipinski definition) is 2. The first-order chi connectivity index (χ1) is 9.20. The maximum absolute atomic E-state index is 12.2. The van der Waals surface area contributed by atoms with Gasteiger partial charge in [0.1, 0.15) is 0 Å². The first-order valence-electron chi connectivity index (χ1n) is 6.91. The minimum atomic E-state index is -0.203. The lowest BCUT2D eigenvalue weighted by Crippen LogP contribution is -2.39. The van der Waals surface area contributed by atoms with Crippen molar-refractivity contribution in [2.24, 2.45) is 11.7 Å². The quantitative estimate of drug-likeness (QED) is 0.843. The summed E-state index contributed by atoms with van der Waals surface area (Å²) in [7, 11) is 0. The van der Waals surface area contributed by atoms with Crippen molar-refractivity contribution in [2.45, 2.75) is 25.3 Å². The van der Waals surface area contributed by atoms with Crippen LogP contribution in [-0.4, -0.2) is 23.9 Å². The van der Waals surface area contributed by atoms with Crippen molar-refractivity contribution in [3.63, 3.8) is 0 Å². The van der Waals surface area contributed by atoms with Crippen LogP contribution in [-0.2, 0) is 4.79 Å². The lowest BCUT2D eigenvalue weighted by molar-refractivity contribution is -0.132. The molecule has 2 rings (SSSR count). The molecule has 1 aliphatic heterocycles. The zero-order valence-electron chi connectivity index (χ0n) is 11.3. The van der Waals surface area contributed by atoms with Crippen molar-refractivity contribution < 1.29 is 4.79 Å². The molecule has 1 aliphatic rings. The molecule has 2 N–H and O–H groups in total. The number of likely N-dealkylation sites (tertiary alicyclic amines) is 1. The summed E-state index contributed by atoms with van der Waals surface area (Å²) in [6, 6.07) is 9.61. The maximum atomic E-state index is 12.2. The maximum Gasteiger partial charge on any atom is 0.224 e. The van der Waals surface area contributed by atoms with Gasteiger partial charge in [0.25, 0.3) is 0 Å². The molecule has 1 unspecified atom stereocenters. The number of benzene rings is 1. The van der Waals surface area contributed by atoms with Crippen molar-refractivity contribution in [1.82, 2.24) is 4.90 Å². The zero-order valence-corrected chi connectivity index (χ0v) is 11.3. The third-order valence-electron chi connectivity index (χ3n) is 3.85. The largest absolute Gasteiger partial charge is 0.343 e. The van der Waals surface area contributed by atoms with Crippen molar-refractivity contribution in [3.8, 4) is 0 Å². The Morgan fingerprint density at radius 3 is 2.58 bits per heavy atom. The summed E-state index contributed by atoms with van der Waals surface area (Å²) in [5.74, 6) is 0.728. The summed E-state index contributed by atoms with van der Waals surface area (Å²) in [4.78, 5) is 14.1. The Morgan fingerprint density at radius 2 is 2.00 bits per heavy atom. The van der Waals surface area contributed by atoms with E-state index < -0.39 is 0 Å². The van der Waals surface area contributed by atoms with Gasteiger partial charge in [-0.1, -0.05) is 36.4 Å². The van der Waals surface area contributed by atoms with E-state index in [9.17, 15) is 4.79 Å². The molecule has 1 atom stereocenters. The van der Waals surface area contributed by atoms with Gasteiger partial charge in [-0.3, -0.25) is 4.79 Å². The standard InChI is InChI=1S/C16H22N2O/c1-2-13-8-10-18(11-9-13)16(19)12-15(17)14-6-4-3-5-7-14/h2-7,13,15H,1,8-12,17H2. The number of allylic oxidation sites excluding steroid dienone is 1. The van der Waals surface area contributed by atoms with Crippen molar-refractivity contribution >= 4 is 5.91 Å². The van der Waals surface area contributed by atoms with Gasteiger partial charge in [0, 0.05) is 25.6 Å². The molecule has 0 aliphatic carbocycles. The van der Waals surface area contributed by atoms with E-state index in [1.165, 1.54) is 0 Å². The Hall–Kier alpha value is -1.61. The molecule has 3 heteroatoms. The number of piperidine rings is 1. The predicted molar refractivity (Wildman–Crippen MR) is 77.5 cm³/mol. The van der Waals surface area contributed by atoms with Crippen molar-refractivity contribution in [2.75, 3.05) is 13.1 Å². The molecule has 1 aromatic rings. The fourth-order valence-electron chi connectivity index (χ4n) is 2.52. The highest BCUT2D eigenvalue weighted by atomic mass is 16.2. The fourth-order valence-corrected chi connectivity index (χ4v) is 2.52. The molecule has 1 aromatic carbocycles. The second-order valence-electron chi connectivity index (χ2n) is 5.18. The van der Waals surface area contributed by atoms with Crippen LogP contribution >= 0.6 is 0 Å². The Labute approximate surface area is 115 Å². The number of carbonyl (C=O) groups excluding carboxylic acids is 1. The van der Waals surface area contributed by atoms with Crippen molar-refractivity contribution in [1.29, 1.82) is 0 Å². The smallest absolute Gasteiger partial charge is 0.224 e. The van der Waals surface area contributed by atoms with E-state index in [0.29, 0.717) is 12.3 Å². The first-order valence-corrected chi connectivity index (χ1v) is 6.91. The van der Waals surface area contributed by atoms with Crippen LogP contribution in [0.15, 0.2) is 43.0 Å². The summed E-state index contributed by atoms with van der Waals surface area (Å²) in [6.07, 6.45) is 4.44. The predicted octanol–water partition coefficient (Wildman–Crippen LogP) is 2.50. The van der Waals surface area contributed by atoms with Crippen LogP contribution in [0.1, 0.15) is 30.9 Å². The van der Waals surface area contributed by atoms with Gasteiger partial charge >= 0.3 is 0 Å². The Bertz CT molecular complexity index is 422. The number of hydrogen-bond donors (Lipinski definition) is 1. The number of nitrogens with zero attached hydrogens (tertiary/aromatic N) is 1. The third-order valence-corrected chi connectivity index (χ3v) is 3.85. The normalized spacial score (nSPS) is 18.1. The number of carbonyl (C=O) groups is 1. The van der Waals surface area contributed by atoms with Gasteiger partial charge < -0.3 is 10.6 Å². The lowest BCUT2D eigenvalue weighted by Gasteiger charge is -2.31. The minimum Gasteiger partial charge on any atom is -0.343 e. The first kappa shape index (κ1) is 13.8. The van der Waals surface area contributed by atoms with Gasteiger partial charge in [-0.15, -0.1) is 6.58 Å². The molecule has 0 spiro atoms. The van der Waals surface area contributed by atoms with E-state index in [2.05, 4.69) is 6.58 Å². The molecule has 102 valence electrons. The molecule has 0 saturated carbocycles. The average molecular weight is 258 g/mol. The Morgan fingerprint density at radius 1 is 1.37 bits per heavy atom. The molecule has 0 radical (unpaired) electrons. The fraction of sp³-hybridized carbons (Fsp3) is 0.438. The second kappa shape index (κ2) is 6.53. The number of nitrogens with two attached hydrogens (primary N) is 1. The number of amides is 1. The van der Waals surface area contributed by atoms with E-state index in [0.717, 1.165) is 31.5 Å². The van der Waals surface area contributed by atoms with Crippen LogP contribution in [0.3, 0.4) is 0 Å². The van der Waals surface area contributed by atoms with Crippen LogP contribution in [0.4, 0.5) is 0 Å². The highest BCUT2D eigenvalue weighted by Gasteiger charge is 2.22. The van der Waals surface area contributed by atoms with E-state index >= 15 is 0 Å². The molecule has 0 bridgehead atoms. The summed E-state index contributed by atoms with van der Waals surface area (Å²) in [5, 5.41) is 0. The van der Waals surface area contributed by atoms with Crippen LogP contribution < -0.4 is 5.73 Å². The molecule has 1 heterocycles. The molecule has 19 heavy (non-hydrogen) atoms. The SMILES string of the molecule is C=CC1CCN(C(=O)CC(N)c2ccccc2)CC1. The lowest BCUT2D eigenvalue weighted by atomic mass is 9.96. The number of rotatable bonds is 4. The minimum absolute atomic E-state index is 0.166. The van der Waals surface area contributed by atoms with Crippen molar-refractivity contribution in [3.05, 3.63) is 48.6 Å². The Balaban J connectivity index is 1.86. The van der Waals surface area contributed by atoms with Crippen LogP contribution in [0.25, 0.3) is 0 Å². The van der Waals surface area contributed by atoms with E-state index in [-0.39, 0.29) is 11.9 Å². The van der Waals surface area contributed by atoms with E-state index in [4.69, 9.17) is 5.73 Å². The van der Waals surface area contributed by atoms with E-state index in [1.54, 1.807) is 0 Å². The van der Waals surface area contributed by atoms with Gasteiger partial charge in [0.2, 0.25) is 5.91 Å². The average Bonchev–Trinajstić information content (AvgIpc) is 2.48. The molecule has 1 fully saturated rings. The molecule has 1 amide bonds. The molecule has 3 nitrogen and oxygen atoms in total. The molecule has 1 saturated heterocycles. The summed E-state index contributed by atoms with van der Waals surface area (Å²) < 4.78 is 0. The monoisotopic (exact) mass is 258 g/mol. The second-order valence-corrected chi connectivity index (χ2v) is 5.18. The molecular formula is C16H22N2O. The highest BCUT2D eigenvalue weighted by molar-refractivity contribution is 5.77. The summed E-state index contributed by atoms with van der Waals surface area (Å²) in [5.41, 5.74) is 7.12. The topological polar surface area (TPSA) is 46.3 Å². The van der Waals surface area contributed by atoms with Crippen LogP contribution in [0.2, 0.25) is 0 Å². The summed E-state index contributed by atoms with van der Waals surface area (Å²) >= 11 is 0. The zero-order chi connectivity index (χ0) is 13.7. The molecule has 0 aromatic heterocycles. The van der Waals surface area contributed by atoms with Gasteiger partial charge in [0.05, 0.1) is 0 Å². The van der Waals surface area contributed by atoms with Gasteiger partial charge in [-0.25, -0.2) is 0 Å². The van der Waals surface area contributed by atoms with E-state index in [1.807, 2.05) is 41.3 Å². The van der Waals surface area contributed by atoms with Gasteiger partial charge in [0.15, 0.2) is 0 Å². The molecular weight excluding hydrogens is 236 g/mol. The van der Waals surface area contributed by atoms with Crippen LogP contribution in [0.5, 0.6) is 0 Å². The van der Waals surface area contributed by atoms with Crippen LogP contribution in [0, 0.1) is 5.92 Å². The summed E-state index contributed by atoms with van der Waals surface area (Å²) in [6.45, 7) is 5.48. The third kappa shape index (κ3) is 3.67. The van der Waals surface area contributed by atoms with Gasteiger partial charge in [-0.2, -0.15) is 0 Å². The van der Waals surface area contributed by atoms with Gasteiger partial charge in [-0.05, 0) is 24.3 Å². The Kier molecular flexibility index (Phi) is 4.74.